The Labute approximate surface area is 77.9 Å². The monoisotopic (exact) mass is 183 g/mol. The van der Waals surface area contributed by atoms with E-state index in [0.29, 0.717) is 0 Å². The van der Waals surface area contributed by atoms with Crippen LogP contribution in [0.15, 0.2) is 30.3 Å². The Kier molecular flexibility index (Phi) is 3.14. The molecule has 0 saturated carbocycles. The number of benzene rings is 1. The lowest BCUT2D eigenvalue weighted by atomic mass is 10.2. The number of hydrogen-bond donors (Lipinski definition) is 0. The summed E-state index contributed by atoms with van der Waals surface area (Å²) in [5.74, 6) is 0. The summed E-state index contributed by atoms with van der Waals surface area (Å²) in [5, 5.41) is -1.04. The molecule has 0 N–H and O–H groups in total. The molecule has 3 heteroatoms. The molecule has 1 aromatic rings. The fourth-order valence-corrected chi connectivity index (χ4v) is 1.10. The molecule has 0 amide bonds. The molecule has 0 saturated heterocycles. The van der Waals surface area contributed by atoms with Gasteiger partial charge in [-0.05, 0) is 12.6 Å². The molecule has 1 rings (SSSR count). The highest BCUT2D eigenvalue weighted by Crippen LogP contribution is 2.29. The quantitative estimate of drug-likeness (QED) is 0.669. The van der Waals surface area contributed by atoms with E-state index >= 15 is 0 Å². The van der Waals surface area contributed by atoms with Gasteiger partial charge in [-0.25, -0.2) is 0 Å². The maximum absolute atomic E-state index is 5.13. The van der Waals surface area contributed by atoms with E-state index in [1.165, 1.54) is 14.2 Å². The average molecular weight is 183 g/mol. The standard InChI is InChI=1S/C9H11O2S/c1-10-9(12,11-2)8-6-4-3-5-7-8/h3-7H,1-2H3. The zero-order valence-electron chi connectivity index (χ0n) is 7.11. The van der Waals surface area contributed by atoms with Crippen LogP contribution in [0.3, 0.4) is 0 Å². The molecule has 1 aromatic carbocycles. The fraction of sp³-hybridized carbons (Fsp3) is 0.333. The van der Waals surface area contributed by atoms with E-state index in [0.717, 1.165) is 5.56 Å². The van der Waals surface area contributed by atoms with Gasteiger partial charge in [-0.15, -0.1) is 0 Å². The molecule has 0 atom stereocenters. The Morgan fingerprint density at radius 3 is 2.00 bits per heavy atom. The van der Waals surface area contributed by atoms with Crippen molar-refractivity contribution in [3.05, 3.63) is 35.9 Å². The van der Waals surface area contributed by atoms with Crippen molar-refractivity contribution in [3.63, 3.8) is 0 Å². The molecule has 0 aliphatic rings. The molecule has 0 aromatic heterocycles. The van der Waals surface area contributed by atoms with Crippen LogP contribution in [0.25, 0.3) is 0 Å². The second-order valence-electron chi connectivity index (χ2n) is 2.33. The number of methoxy groups -OCH3 is 2. The second kappa shape index (κ2) is 3.94. The molecule has 0 fully saturated rings. The van der Waals surface area contributed by atoms with Crippen LogP contribution >= 0.6 is 12.6 Å². The summed E-state index contributed by atoms with van der Waals surface area (Å²) in [6.07, 6.45) is 0. The van der Waals surface area contributed by atoms with E-state index in [-0.39, 0.29) is 0 Å². The van der Waals surface area contributed by atoms with Crippen molar-refractivity contribution in [2.75, 3.05) is 14.2 Å². The Morgan fingerprint density at radius 1 is 1.08 bits per heavy atom. The molecule has 0 spiro atoms. The molecule has 1 radical (unpaired) electrons. The topological polar surface area (TPSA) is 18.5 Å². The minimum absolute atomic E-state index is 0.838. The van der Waals surface area contributed by atoms with Gasteiger partial charge >= 0.3 is 0 Å². The number of rotatable bonds is 3. The third-order valence-electron chi connectivity index (χ3n) is 1.66. The van der Waals surface area contributed by atoms with Crippen molar-refractivity contribution in [2.45, 2.75) is 5.12 Å². The van der Waals surface area contributed by atoms with Gasteiger partial charge in [0, 0.05) is 19.8 Å². The summed E-state index contributed by atoms with van der Waals surface area (Å²) in [7, 11) is 3.06. The normalized spacial score (nSPS) is 11.6. The first-order valence-corrected chi connectivity index (χ1v) is 4.00. The largest absolute Gasteiger partial charge is 0.340 e. The predicted molar refractivity (Wildman–Crippen MR) is 49.7 cm³/mol. The van der Waals surface area contributed by atoms with Gasteiger partial charge in [0.05, 0.1) is 0 Å². The van der Waals surface area contributed by atoms with E-state index in [1.807, 2.05) is 30.3 Å². The molecule has 0 bridgehead atoms. The van der Waals surface area contributed by atoms with Gasteiger partial charge in [0.2, 0.25) is 0 Å². The van der Waals surface area contributed by atoms with E-state index in [9.17, 15) is 0 Å². The van der Waals surface area contributed by atoms with Crippen molar-refractivity contribution in [2.24, 2.45) is 0 Å². The lowest BCUT2D eigenvalue weighted by Gasteiger charge is -2.23. The Balaban J connectivity index is 2.95. The minimum atomic E-state index is -1.04. The highest BCUT2D eigenvalue weighted by Gasteiger charge is 2.27. The van der Waals surface area contributed by atoms with Crippen molar-refractivity contribution >= 4 is 12.6 Å². The zero-order chi connectivity index (χ0) is 9.03. The maximum Gasteiger partial charge on any atom is 0.255 e. The maximum atomic E-state index is 5.13. The predicted octanol–water partition coefficient (Wildman–Crippen LogP) is 2.29. The lowest BCUT2D eigenvalue weighted by molar-refractivity contribution is -0.138. The van der Waals surface area contributed by atoms with Crippen LogP contribution in [-0.2, 0) is 14.6 Å². The van der Waals surface area contributed by atoms with Gasteiger partial charge in [0.1, 0.15) is 0 Å². The Bertz CT molecular complexity index is 232. The van der Waals surface area contributed by atoms with Gasteiger partial charge in [-0.3, -0.25) is 0 Å². The summed E-state index contributed by atoms with van der Waals surface area (Å²) in [4.78, 5) is 0. The first kappa shape index (κ1) is 9.58. The van der Waals surface area contributed by atoms with E-state index in [1.54, 1.807) is 0 Å². The van der Waals surface area contributed by atoms with Crippen molar-refractivity contribution in [1.29, 1.82) is 0 Å². The van der Waals surface area contributed by atoms with E-state index in [2.05, 4.69) is 0 Å². The van der Waals surface area contributed by atoms with Crippen LogP contribution < -0.4 is 0 Å². The minimum Gasteiger partial charge on any atom is -0.340 e. The summed E-state index contributed by atoms with van der Waals surface area (Å²) < 4.78 is 10.1. The van der Waals surface area contributed by atoms with Crippen LogP contribution in [-0.4, -0.2) is 14.2 Å². The average Bonchev–Trinajstić information content (AvgIpc) is 2.18. The Morgan fingerprint density at radius 2 is 1.58 bits per heavy atom. The van der Waals surface area contributed by atoms with Crippen molar-refractivity contribution in [1.82, 2.24) is 0 Å². The zero-order valence-corrected chi connectivity index (χ0v) is 7.93. The molecular formula is C9H11O2S. The molecule has 2 nitrogen and oxygen atoms in total. The highest BCUT2D eigenvalue weighted by molar-refractivity contribution is 7.81. The van der Waals surface area contributed by atoms with Crippen LogP contribution in [0.4, 0.5) is 0 Å². The SMILES string of the molecule is COC([S])(OC)c1ccccc1. The summed E-state index contributed by atoms with van der Waals surface area (Å²) in [6, 6.07) is 9.47. The summed E-state index contributed by atoms with van der Waals surface area (Å²) in [6.45, 7) is 0. The van der Waals surface area contributed by atoms with Gasteiger partial charge in [-0.2, -0.15) is 0 Å². The highest BCUT2D eigenvalue weighted by atomic mass is 32.1. The summed E-state index contributed by atoms with van der Waals surface area (Å²) >= 11 is 5.13. The van der Waals surface area contributed by atoms with Gasteiger partial charge in [0.15, 0.2) is 0 Å². The number of ether oxygens (including phenoxy) is 2. The van der Waals surface area contributed by atoms with Gasteiger partial charge < -0.3 is 9.47 Å². The van der Waals surface area contributed by atoms with Crippen LogP contribution in [0.2, 0.25) is 0 Å². The third-order valence-corrected chi connectivity index (χ3v) is 2.23. The van der Waals surface area contributed by atoms with Gasteiger partial charge in [0.25, 0.3) is 5.12 Å². The fourth-order valence-electron chi connectivity index (χ4n) is 0.961. The smallest absolute Gasteiger partial charge is 0.255 e. The molecule has 12 heavy (non-hydrogen) atoms. The lowest BCUT2D eigenvalue weighted by Crippen LogP contribution is -2.23. The Hall–Kier alpha value is -0.510. The van der Waals surface area contributed by atoms with E-state index < -0.39 is 5.12 Å². The molecule has 0 unspecified atom stereocenters. The molecule has 0 heterocycles. The van der Waals surface area contributed by atoms with Crippen LogP contribution in [0, 0.1) is 0 Å². The summed E-state index contributed by atoms with van der Waals surface area (Å²) in [5.41, 5.74) is 0.838. The molecule has 0 aliphatic heterocycles. The second-order valence-corrected chi connectivity index (χ2v) is 2.87. The first-order chi connectivity index (χ1) is 5.73. The number of hydrogen-bond acceptors (Lipinski definition) is 2. The van der Waals surface area contributed by atoms with Gasteiger partial charge in [-0.1, -0.05) is 30.3 Å². The first-order valence-electron chi connectivity index (χ1n) is 3.59. The van der Waals surface area contributed by atoms with Crippen molar-refractivity contribution < 1.29 is 9.47 Å². The van der Waals surface area contributed by atoms with Crippen LogP contribution in [0.5, 0.6) is 0 Å². The molecular weight excluding hydrogens is 172 g/mol. The van der Waals surface area contributed by atoms with Crippen LogP contribution in [0.1, 0.15) is 5.56 Å². The molecule has 65 valence electrons. The van der Waals surface area contributed by atoms with Crippen molar-refractivity contribution in [3.8, 4) is 0 Å². The third kappa shape index (κ3) is 1.80. The van der Waals surface area contributed by atoms with E-state index in [4.69, 9.17) is 22.1 Å². The molecule has 0 aliphatic carbocycles.